The Morgan fingerprint density at radius 2 is 1.85 bits per heavy atom. The van der Waals surface area contributed by atoms with E-state index < -0.39 is 12.3 Å². The molecule has 1 N–H and O–H groups in total. The summed E-state index contributed by atoms with van der Waals surface area (Å²) >= 11 is 0. The fourth-order valence-electron chi connectivity index (χ4n) is 2.91. The quantitative estimate of drug-likeness (QED) is 0.815. The number of hydrogen-bond acceptors (Lipinski definition) is 4. The first-order valence-corrected chi connectivity index (χ1v) is 8.65. The Bertz CT molecular complexity index is 773. The van der Waals surface area contributed by atoms with Gasteiger partial charge < -0.3 is 14.8 Å². The van der Waals surface area contributed by atoms with Gasteiger partial charge in [-0.05, 0) is 56.0 Å². The number of aromatic nitrogens is 1. The van der Waals surface area contributed by atoms with E-state index in [1.165, 1.54) is 12.1 Å². The van der Waals surface area contributed by atoms with Crippen molar-refractivity contribution in [2.75, 3.05) is 0 Å². The zero-order chi connectivity index (χ0) is 19.3. The lowest BCUT2D eigenvalue weighted by Crippen LogP contribution is -2.24. The van der Waals surface area contributed by atoms with Gasteiger partial charge in [-0.15, -0.1) is 13.2 Å². The second kappa shape index (κ2) is 8.28. The average Bonchev–Trinajstić information content (AvgIpc) is 3.13. The van der Waals surface area contributed by atoms with Crippen molar-refractivity contribution in [1.82, 2.24) is 10.3 Å². The van der Waals surface area contributed by atoms with Crippen molar-refractivity contribution in [3.8, 4) is 11.6 Å². The first-order chi connectivity index (χ1) is 12.9. The van der Waals surface area contributed by atoms with Crippen LogP contribution in [-0.2, 0) is 6.54 Å². The smallest absolute Gasteiger partial charge is 0.474 e. The highest BCUT2D eigenvalue weighted by Crippen LogP contribution is 2.25. The van der Waals surface area contributed by atoms with Crippen molar-refractivity contribution in [3.63, 3.8) is 0 Å². The molecule has 0 atom stereocenters. The van der Waals surface area contributed by atoms with Gasteiger partial charge in [0.05, 0.1) is 0 Å². The van der Waals surface area contributed by atoms with E-state index in [0.29, 0.717) is 5.88 Å². The van der Waals surface area contributed by atoms with Crippen LogP contribution in [0.5, 0.6) is 11.6 Å². The Kier molecular flexibility index (Phi) is 5.83. The Morgan fingerprint density at radius 1 is 1.15 bits per heavy atom. The highest BCUT2D eigenvalue weighted by atomic mass is 19.4. The topological polar surface area (TPSA) is 60.5 Å². The molecular weight excluding hydrogens is 361 g/mol. The predicted octanol–water partition coefficient (Wildman–Crippen LogP) is 4.23. The number of ether oxygens (including phenoxy) is 2. The van der Waals surface area contributed by atoms with E-state index in [0.717, 1.165) is 43.4 Å². The molecule has 144 valence electrons. The van der Waals surface area contributed by atoms with E-state index in [9.17, 15) is 18.0 Å². The van der Waals surface area contributed by atoms with Crippen LogP contribution in [-0.4, -0.2) is 23.4 Å². The normalized spacial score (nSPS) is 14.8. The van der Waals surface area contributed by atoms with E-state index in [2.05, 4.69) is 15.0 Å². The van der Waals surface area contributed by atoms with Gasteiger partial charge in [-0.25, -0.2) is 4.98 Å². The maximum Gasteiger partial charge on any atom is 0.573 e. The maximum atomic E-state index is 12.2. The number of carbonyl (C=O) groups excluding carboxylic acids is 1. The molecule has 0 saturated heterocycles. The molecule has 1 aliphatic rings. The number of halogens is 3. The van der Waals surface area contributed by atoms with Crippen LogP contribution in [0.4, 0.5) is 13.2 Å². The van der Waals surface area contributed by atoms with Crippen molar-refractivity contribution in [3.05, 3.63) is 53.7 Å². The molecule has 2 aromatic rings. The molecule has 0 bridgehead atoms. The van der Waals surface area contributed by atoms with Gasteiger partial charge in [0.2, 0.25) is 5.88 Å². The third-order valence-corrected chi connectivity index (χ3v) is 4.22. The summed E-state index contributed by atoms with van der Waals surface area (Å²) in [5.74, 6) is -0.290. The average molecular weight is 380 g/mol. The van der Waals surface area contributed by atoms with Crippen LogP contribution in [0, 0.1) is 0 Å². The number of alkyl halides is 3. The van der Waals surface area contributed by atoms with Gasteiger partial charge in [0.15, 0.2) is 0 Å². The largest absolute Gasteiger partial charge is 0.573 e. The van der Waals surface area contributed by atoms with Crippen molar-refractivity contribution in [1.29, 1.82) is 0 Å². The lowest BCUT2D eigenvalue weighted by molar-refractivity contribution is -0.274. The first kappa shape index (κ1) is 19.0. The molecule has 1 aromatic heterocycles. The van der Waals surface area contributed by atoms with Crippen LogP contribution >= 0.6 is 0 Å². The van der Waals surface area contributed by atoms with E-state index in [-0.39, 0.29) is 24.0 Å². The number of hydrogen-bond donors (Lipinski definition) is 1. The van der Waals surface area contributed by atoms with Gasteiger partial charge in [0.25, 0.3) is 5.91 Å². The minimum absolute atomic E-state index is 0.149. The van der Waals surface area contributed by atoms with Gasteiger partial charge in [-0.2, -0.15) is 0 Å². The minimum Gasteiger partial charge on any atom is -0.474 e. The number of carbonyl (C=O) groups is 1. The highest BCUT2D eigenvalue weighted by molar-refractivity contribution is 5.94. The number of nitrogens with zero attached hydrogens (tertiary/aromatic N) is 1. The molecule has 27 heavy (non-hydrogen) atoms. The summed E-state index contributed by atoms with van der Waals surface area (Å²) in [6.07, 6.45) is 1.28. The molecular formula is C19H19F3N2O3. The number of amides is 1. The molecule has 1 amide bonds. The van der Waals surface area contributed by atoms with Gasteiger partial charge in [0, 0.05) is 23.9 Å². The van der Waals surface area contributed by atoms with Crippen LogP contribution in [0.15, 0.2) is 42.6 Å². The Labute approximate surface area is 154 Å². The predicted molar refractivity (Wildman–Crippen MR) is 91.4 cm³/mol. The summed E-state index contributed by atoms with van der Waals surface area (Å²) in [6.45, 7) is 0.204. The molecule has 0 spiro atoms. The molecule has 3 rings (SSSR count). The molecule has 0 aliphatic heterocycles. The summed E-state index contributed by atoms with van der Waals surface area (Å²) in [6, 6.07) is 8.32. The lowest BCUT2D eigenvalue weighted by Gasteiger charge is -2.15. The third kappa shape index (κ3) is 5.60. The van der Waals surface area contributed by atoms with Crippen LogP contribution in [0.1, 0.15) is 41.6 Å². The second-order valence-electron chi connectivity index (χ2n) is 6.25. The first-order valence-electron chi connectivity index (χ1n) is 8.65. The van der Waals surface area contributed by atoms with Gasteiger partial charge in [-0.1, -0.05) is 6.07 Å². The summed E-state index contributed by atoms with van der Waals surface area (Å²) in [5, 5.41) is 2.73. The fourth-order valence-corrected chi connectivity index (χ4v) is 2.91. The van der Waals surface area contributed by atoms with Gasteiger partial charge >= 0.3 is 6.36 Å². The van der Waals surface area contributed by atoms with Crippen LogP contribution in [0.2, 0.25) is 0 Å². The lowest BCUT2D eigenvalue weighted by atomic mass is 10.2. The van der Waals surface area contributed by atoms with E-state index >= 15 is 0 Å². The monoisotopic (exact) mass is 380 g/mol. The molecule has 0 unspecified atom stereocenters. The molecule has 0 radical (unpaired) electrons. The van der Waals surface area contributed by atoms with E-state index in [1.54, 1.807) is 12.3 Å². The molecule has 1 heterocycles. The molecule has 1 fully saturated rings. The Morgan fingerprint density at radius 3 is 2.52 bits per heavy atom. The molecule has 1 aromatic carbocycles. The zero-order valence-corrected chi connectivity index (χ0v) is 14.5. The minimum atomic E-state index is -4.76. The summed E-state index contributed by atoms with van der Waals surface area (Å²) in [5.41, 5.74) is 0.974. The Hall–Kier alpha value is -2.77. The molecule has 1 saturated carbocycles. The SMILES string of the molecule is O=C(NCc1cccnc1OC1CCCC1)c1ccc(OC(F)(F)F)cc1. The van der Waals surface area contributed by atoms with Crippen molar-refractivity contribution in [2.24, 2.45) is 0 Å². The van der Waals surface area contributed by atoms with Crippen LogP contribution in [0.25, 0.3) is 0 Å². The van der Waals surface area contributed by atoms with E-state index in [4.69, 9.17) is 4.74 Å². The van der Waals surface area contributed by atoms with Crippen LogP contribution in [0.3, 0.4) is 0 Å². The molecule has 1 aliphatic carbocycles. The summed E-state index contributed by atoms with van der Waals surface area (Å²) in [4.78, 5) is 16.5. The van der Waals surface area contributed by atoms with Crippen LogP contribution < -0.4 is 14.8 Å². The highest BCUT2D eigenvalue weighted by Gasteiger charge is 2.31. The number of nitrogens with one attached hydrogen (secondary N) is 1. The van der Waals surface area contributed by atoms with Crippen molar-refractivity contribution < 1.29 is 27.4 Å². The van der Waals surface area contributed by atoms with Gasteiger partial charge in [-0.3, -0.25) is 4.79 Å². The van der Waals surface area contributed by atoms with Crippen molar-refractivity contribution >= 4 is 5.91 Å². The third-order valence-electron chi connectivity index (χ3n) is 4.22. The molecule has 5 nitrogen and oxygen atoms in total. The second-order valence-corrected chi connectivity index (χ2v) is 6.25. The fraction of sp³-hybridized carbons (Fsp3) is 0.368. The van der Waals surface area contributed by atoms with Crippen molar-refractivity contribution in [2.45, 2.75) is 44.7 Å². The zero-order valence-electron chi connectivity index (χ0n) is 14.5. The summed E-state index contributed by atoms with van der Waals surface area (Å²) in [7, 11) is 0. The maximum absolute atomic E-state index is 12.2. The summed E-state index contributed by atoms with van der Waals surface area (Å²) < 4.78 is 46.2. The standard InChI is InChI=1S/C19H19F3N2O3/c20-19(21,22)27-16-9-7-13(8-10-16)17(25)24-12-14-4-3-11-23-18(14)26-15-5-1-2-6-15/h3-4,7-11,15H,1-2,5-6,12H2,(H,24,25). The molecule has 8 heteroatoms. The van der Waals surface area contributed by atoms with E-state index in [1.807, 2.05) is 6.07 Å². The number of rotatable bonds is 6. The number of benzene rings is 1. The van der Waals surface area contributed by atoms with Gasteiger partial charge in [0.1, 0.15) is 11.9 Å². The number of pyridine rings is 1. The Balaban J connectivity index is 1.59.